The van der Waals surface area contributed by atoms with E-state index in [0.29, 0.717) is 0 Å². The van der Waals surface area contributed by atoms with Gasteiger partial charge in [0, 0.05) is 11.8 Å². The summed E-state index contributed by atoms with van der Waals surface area (Å²) in [6.07, 6.45) is 4.76. The molecule has 3 N–H and O–H groups in total. The van der Waals surface area contributed by atoms with Gasteiger partial charge in [-0.3, -0.25) is 0 Å². The van der Waals surface area contributed by atoms with E-state index in [4.69, 9.17) is 5.73 Å². The fourth-order valence-electron chi connectivity index (χ4n) is 0.724. The van der Waals surface area contributed by atoms with Crippen LogP contribution in [0.5, 0.6) is 0 Å². The van der Waals surface area contributed by atoms with Crippen LogP contribution in [0.2, 0.25) is 0 Å². The van der Waals surface area contributed by atoms with Gasteiger partial charge in [0.05, 0.1) is 6.34 Å². The van der Waals surface area contributed by atoms with Crippen LogP contribution in [-0.4, -0.2) is 11.3 Å². The standard InChI is InChI=1S/C7H9N3/c1-2-6-3-4-9-7(6)10-5-8/h2-5,9H,1H2,(H2,8,10). The number of aromatic nitrogens is 1. The normalized spacial score (nSPS) is 10.4. The highest BCUT2D eigenvalue weighted by molar-refractivity contribution is 5.65. The predicted molar refractivity (Wildman–Crippen MR) is 43.2 cm³/mol. The number of aliphatic imine (C=N–C) groups is 1. The minimum atomic E-state index is 0.748. The van der Waals surface area contributed by atoms with Gasteiger partial charge in [0.2, 0.25) is 0 Å². The molecule has 1 aromatic heterocycles. The van der Waals surface area contributed by atoms with Crippen LogP contribution in [0, 0.1) is 0 Å². The molecule has 52 valence electrons. The molecule has 0 saturated carbocycles. The molecule has 0 aromatic carbocycles. The van der Waals surface area contributed by atoms with Gasteiger partial charge in [-0.1, -0.05) is 12.7 Å². The summed E-state index contributed by atoms with van der Waals surface area (Å²) >= 11 is 0. The van der Waals surface area contributed by atoms with Gasteiger partial charge in [0.15, 0.2) is 0 Å². The Hall–Kier alpha value is -1.51. The van der Waals surface area contributed by atoms with Gasteiger partial charge in [-0.15, -0.1) is 0 Å². The molecule has 0 spiro atoms. The highest BCUT2D eigenvalue weighted by Crippen LogP contribution is 2.15. The van der Waals surface area contributed by atoms with E-state index >= 15 is 0 Å². The summed E-state index contributed by atoms with van der Waals surface area (Å²) in [6, 6.07) is 1.88. The van der Waals surface area contributed by atoms with Gasteiger partial charge in [0.1, 0.15) is 5.82 Å². The molecule has 3 nitrogen and oxygen atoms in total. The summed E-state index contributed by atoms with van der Waals surface area (Å²) in [5, 5.41) is 0. The number of aromatic amines is 1. The van der Waals surface area contributed by atoms with E-state index in [0.717, 1.165) is 11.4 Å². The van der Waals surface area contributed by atoms with Crippen molar-refractivity contribution < 1.29 is 0 Å². The van der Waals surface area contributed by atoms with Crippen LogP contribution in [0.15, 0.2) is 23.8 Å². The van der Waals surface area contributed by atoms with E-state index in [1.165, 1.54) is 6.34 Å². The fourth-order valence-corrected chi connectivity index (χ4v) is 0.724. The molecular weight excluding hydrogens is 126 g/mol. The van der Waals surface area contributed by atoms with Gasteiger partial charge in [-0.25, -0.2) is 4.99 Å². The largest absolute Gasteiger partial charge is 0.390 e. The molecule has 0 fully saturated rings. The maximum Gasteiger partial charge on any atom is 0.138 e. The molecule has 3 heteroatoms. The quantitative estimate of drug-likeness (QED) is 0.465. The van der Waals surface area contributed by atoms with Crippen LogP contribution >= 0.6 is 0 Å². The molecule has 0 aliphatic carbocycles. The Morgan fingerprint density at radius 2 is 2.50 bits per heavy atom. The Morgan fingerprint density at radius 3 is 3.10 bits per heavy atom. The van der Waals surface area contributed by atoms with E-state index < -0.39 is 0 Å². The predicted octanol–water partition coefficient (Wildman–Crippen LogP) is 1.28. The molecule has 1 rings (SSSR count). The van der Waals surface area contributed by atoms with Gasteiger partial charge >= 0.3 is 0 Å². The summed E-state index contributed by atoms with van der Waals surface area (Å²) in [7, 11) is 0. The molecule has 0 unspecified atom stereocenters. The summed E-state index contributed by atoms with van der Waals surface area (Å²) in [5.41, 5.74) is 6.06. The van der Waals surface area contributed by atoms with Gasteiger partial charge < -0.3 is 10.7 Å². The van der Waals surface area contributed by atoms with Crippen molar-refractivity contribution in [3.05, 3.63) is 24.4 Å². The Balaban J connectivity index is 3.00. The summed E-state index contributed by atoms with van der Waals surface area (Å²) in [6.45, 7) is 3.61. The second kappa shape index (κ2) is 2.87. The van der Waals surface area contributed by atoms with Crippen LogP contribution in [0.1, 0.15) is 5.56 Å². The minimum absolute atomic E-state index is 0.748. The number of nitrogens with one attached hydrogen (secondary N) is 1. The van der Waals surface area contributed by atoms with Gasteiger partial charge in [-0.05, 0) is 6.07 Å². The molecule has 0 atom stereocenters. The van der Waals surface area contributed by atoms with E-state index in [1.54, 1.807) is 12.3 Å². The average molecular weight is 135 g/mol. The van der Waals surface area contributed by atoms with E-state index in [1.807, 2.05) is 6.07 Å². The number of nitrogens with two attached hydrogens (primary N) is 1. The zero-order valence-electron chi connectivity index (χ0n) is 5.54. The first-order chi connectivity index (χ1) is 4.88. The summed E-state index contributed by atoms with van der Waals surface area (Å²) in [4.78, 5) is 6.77. The van der Waals surface area contributed by atoms with E-state index in [2.05, 4.69) is 16.6 Å². The average Bonchev–Trinajstić information content (AvgIpc) is 2.36. The number of H-pyrrole nitrogens is 1. The molecule has 0 bridgehead atoms. The Morgan fingerprint density at radius 1 is 1.70 bits per heavy atom. The van der Waals surface area contributed by atoms with Crippen LogP contribution in [0.4, 0.5) is 5.82 Å². The third-order valence-electron chi connectivity index (χ3n) is 1.18. The van der Waals surface area contributed by atoms with Crippen molar-refractivity contribution in [2.75, 3.05) is 0 Å². The maximum atomic E-state index is 5.10. The SMILES string of the molecule is C=Cc1cc[nH]c1N=CN. The second-order valence-electron chi connectivity index (χ2n) is 1.76. The molecule has 10 heavy (non-hydrogen) atoms. The van der Waals surface area contributed by atoms with Gasteiger partial charge in [-0.2, -0.15) is 0 Å². The Labute approximate surface area is 59.3 Å². The molecular formula is C7H9N3. The summed E-state index contributed by atoms with van der Waals surface area (Å²) in [5.74, 6) is 0.748. The van der Waals surface area contributed by atoms with Gasteiger partial charge in [0.25, 0.3) is 0 Å². The highest BCUT2D eigenvalue weighted by Gasteiger charge is 1.93. The van der Waals surface area contributed by atoms with Crippen molar-refractivity contribution >= 4 is 18.2 Å². The Kier molecular flexibility index (Phi) is 1.89. The van der Waals surface area contributed by atoms with Crippen LogP contribution in [0.25, 0.3) is 6.08 Å². The first-order valence-corrected chi connectivity index (χ1v) is 2.92. The molecule has 0 amide bonds. The monoisotopic (exact) mass is 135 g/mol. The summed E-state index contributed by atoms with van der Waals surface area (Å²) < 4.78 is 0. The van der Waals surface area contributed by atoms with Crippen molar-refractivity contribution in [3.63, 3.8) is 0 Å². The first kappa shape index (κ1) is 6.61. The number of hydrogen-bond donors (Lipinski definition) is 2. The lowest BCUT2D eigenvalue weighted by Crippen LogP contribution is -1.86. The van der Waals surface area contributed by atoms with Crippen molar-refractivity contribution in [2.24, 2.45) is 10.7 Å². The first-order valence-electron chi connectivity index (χ1n) is 2.92. The molecule has 0 radical (unpaired) electrons. The maximum absolute atomic E-state index is 5.10. The molecule has 0 aliphatic rings. The lowest BCUT2D eigenvalue weighted by molar-refractivity contribution is 1.33. The topological polar surface area (TPSA) is 54.2 Å². The number of nitrogens with zero attached hydrogens (tertiary/aromatic N) is 1. The van der Waals surface area contributed by atoms with Crippen LogP contribution in [0.3, 0.4) is 0 Å². The highest BCUT2D eigenvalue weighted by atomic mass is 14.9. The third kappa shape index (κ3) is 1.07. The molecule has 1 aromatic rings. The van der Waals surface area contributed by atoms with E-state index in [-0.39, 0.29) is 0 Å². The lowest BCUT2D eigenvalue weighted by Gasteiger charge is -1.87. The zero-order chi connectivity index (χ0) is 7.40. The minimum Gasteiger partial charge on any atom is -0.390 e. The van der Waals surface area contributed by atoms with Crippen molar-refractivity contribution in [1.29, 1.82) is 0 Å². The van der Waals surface area contributed by atoms with Crippen LogP contribution in [-0.2, 0) is 0 Å². The fraction of sp³-hybridized carbons (Fsp3) is 0. The number of rotatable bonds is 2. The number of hydrogen-bond acceptors (Lipinski definition) is 1. The van der Waals surface area contributed by atoms with Crippen LogP contribution < -0.4 is 5.73 Å². The molecule has 0 aliphatic heterocycles. The molecule has 0 saturated heterocycles. The van der Waals surface area contributed by atoms with Crippen molar-refractivity contribution in [1.82, 2.24) is 4.98 Å². The third-order valence-corrected chi connectivity index (χ3v) is 1.18. The van der Waals surface area contributed by atoms with E-state index in [9.17, 15) is 0 Å². The van der Waals surface area contributed by atoms with Crippen molar-refractivity contribution in [3.8, 4) is 0 Å². The zero-order valence-corrected chi connectivity index (χ0v) is 5.54. The smallest absolute Gasteiger partial charge is 0.138 e. The lowest BCUT2D eigenvalue weighted by atomic mass is 10.3. The molecule has 1 heterocycles. The van der Waals surface area contributed by atoms with Crippen molar-refractivity contribution in [2.45, 2.75) is 0 Å². The Bertz CT molecular complexity index is 247. The second-order valence-corrected chi connectivity index (χ2v) is 1.76.